The van der Waals surface area contributed by atoms with Crippen LogP contribution in [0.3, 0.4) is 0 Å². The van der Waals surface area contributed by atoms with Gasteiger partial charge in [-0.1, -0.05) is 13.3 Å². The average Bonchev–Trinajstić information content (AvgIpc) is 2.61. The zero-order valence-corrected chi connectivity index (χ0v) is 8.05. The molecule has 0 aliphatic carbocycles. The monoisotopic (exact) mass is 198 g/mol. The summed E-state index contributed by atoms with van der Waals surface area (Å²) in [6, 6.07) is -0.632. The van der Waals surface area contributed by atoms with Crippen LogP contribution in [0.4, 0.5) is 0 Å². The van der Waals surface area contributed by atoms with Crippen LogP contribution in [-0.2, 0) is 11.3 Å². The Bertz CT molecular complexity index is 310. The van der Waals surface area contributed by atoms with Crippen molar-refractivity contribution >= 4 is 5.97 Å². The van der Waals surface area contributed by atoms with Crippen molar-refractivity contribution in [2.75, 3.05) is 0 Å². The summed E-state index contributed by atoms with van der Waals surface area (Å²) < 4.78 is 1.36. The molecule has 78 valence electrons. The van der Waals surface area contributed by atoms with Gasteiger partial charge < -0.3 is 10.8 Å². The number of carboxylic acid groups (broad SMARTS) is 1. The van der Waals surface area contributed by atoms with E-state index in [0.29, 0.717) is 12.2 Å². The molecule has 0 aromatic carbocycles. The summed E-state index contributed by atoms with van der Waals surface area (Å²) in [6.45, 7) is 2.15. The number of aromatic nitrogens is 3. The number of carbonyl (C=O) groups is 1. The van der Waals surface area contributed by atoms with Crippen LogP contribution in [0.5, 0.6) is 0 Å². The van der Waals surface area contributed by atoms with Gasteiger partial charge in [-0.3, -0.25) is 0 Å². The predicted octanol–water partition coefficient (Wildman–Crippen LogP) is 0.163. The molecule has 6 nitrogen and oxygen atoms in total. The zero-order valence-electron chi connectivity index (χ0n) is 8.05. The largest absolute Gasteiger partial charge is 0.480 e. The molecule has 0 radical (unpaired) electrons. The van der Waals surface area contributed by atoms with Crippen LogP contribution in [0.1, 0.15) is 31.6 Å². The van der Waals surface area contributed by atoms with Crippen LogP contribution in [0, 0.1) is 0 Å². The van der Waals surface area contributed by atoms with Crippen LogP contribution >= 0.6 is 0 Å². The van der Waals surface area contributed by atoms with Gasteiger partial charge in [-0.25, -0.2) is 14.5 Å². The Labute approximate surface area is 81.7 Å². The Morgan fingerprint density at radius 3 is 2.93 bits per heavy atom. The summed E-state index contributed by atoms with van der Waals surface area (Å²) in [5.74, 6) is -0.423. The van der Waals surface area contributed by atoms with Crippen LogP contribution in [-0.4, -0.2) is 25.8 Å². The lowest BCUT2D eigenvalue weighted by Gasteiger charge is -2.10. The van der Waals surface area contributed by atoms with E-state index in [1.54, 1.807) is 0 Å². The van der Waals surface area contributed by atoms with Gasteiger partial charge in [0, 0.05) is 0 Å². The second kappa shape index (κ2) is 4.71. The maximum absolute atomic E-state index is 10.9. The number of carboxylic acids is 1. The first-order valence-electron chi connectivity index (χ1n) is 4.52. The summed E-state index contributed by atoms with van der Waals surface area (Å²) in [5.41, 5.74) is 5.33. The summed E-state index contributed by atoms with van der Waals surface area (Å²) >= 11 is 0. The molecular weight excluding hydrogens is 184 g/mol. The third-order valence-corrected chi connectivity index (χ3v) is 1.91. The van der Waals surface area contributed by atoms with Crippen LogP contribution < -0.4 is 5.73 Å². The maximum atomic E-state index is 10.9. The molecule has 0 saturated carbocycles. The minimum atomic E-state index is -0.889. The van der Waals surface area contributed by atoms with E-state index in [1.165, 1.54) is 11.0 Å². The lowest BCUT2D eigenvalue weighted by atomic mass is 10.2. The van der Waals surface area contributed by atoms with E-state index >= 15 is 0 Å². The molecule has 0 fully saturated rings. The lowest BCUT2D eigenvalue weighted by molar-refractivity contribution is -0.141. The highest BCUT2D eigenvalue weighted by Gasteiger charge is 2.19. The zero-order chi connectivity index (χ0) is 10.6. The molecule has 1 rings (SSSR count). The van der Waals surface area contributed by atoms with Gasteiger partial charge in [-0.15, -0.1) is 0 Å². The number of nitrogens with two attached hydrogens (primary N) is 1. The molecule has 6 heteroatoms. The molecule has 1 aromatic heterocycles. The SMILES string of the molecule is CCCC(C(=O)O)n1cnc(CN)n1. The Kier molecular flexibility index (Phi) is 3.58. The van der Waals surface area contributed by atoms with Gasteiger partial charge in [0.15, 0.2) is 11.9 Å². The molecule has 3 N–H and O–H groups in total. The number of hydrogen-bond acceptors (Lipinski definition) is 4. The Morgan fingerprint density at radius 1 is 1.79 bits per heavy atom. The summed E-state index contributed by atoms with van der Waals surface area (Å²) in [7, 11) is 0. The van der Waals surface area contributed by atoms with Crippen molar-refractivity contribution in [3.63, 3.8) is 0 Å². The molecule has 0 amide bonds. The predicted molar refractivity (Wildman–Crippen MR) is 49.5 cm³/mol. The molecule has 0 saturated heterocycles. The minimum Gasteiger partial charge on any atom is -0.480 e. The molecule has 0 aliphatic rings. The van der Waals surface area contributed by atoms with E-state index in [2.05, 4.69) is 10.1 Å². The van der Waals surface area contributed by atoms with Crippen molar-refractivity contribution in [3.05, 3.63) is 12.2 Å². The van der Waals surface area contributed by atoms with Crippen LogP contribution in [0.25, 0.3) is 0 Å². The fourth-order valence-electron chi connectivity index (χ4n) is 1.20. The first kappa shape index (κ1) is 10.6. The standard InChI is InChI=1S/C8H14N4O2/c1-2-3-6(8(13)14)12-5-10-7(4-9)11-12/h5-6H,2-4,9H2,1H3,(H,13,14). The number of nitrogens with zero attached hydrogens (tertiary/aromatic N) is 3. The Morgan fingerprint density at radius 2 is 2.50 bits per heavy atom. The topological polar surface area (TPSA) is 94.0 Å². The minimum absolute atomic E-state index is 0.228. The fourth-order valence-corrected chi connectivity index (χ4v) is 1.20. The van der Waals surface area contributed by atoms with Crippen LogP contribution in [0.15, 0.2) is 6.33 Å². The third kappa shape index (κ3) is 2.29. The van der Waals surface area contributed by atoms with Gasteiger partial charge >= 0.3 is 5.97 Å². The molecular formula is C8H14N4O2. The van der Waals surface area contributed by atoms with Gasteiger partial charge in [-0.05, 0) is 6.42 Å². The van der Waals surface area contributed by atoms with Gasteiger partial charge in [0.05, 0.1) is 6.54 Å². The van der Waals surface area contributed by atoms with Gasteiger partial charge in [-0.2, -0.15) is 5.10 Å². The fraction of sp³-hybridized carbons (Fsp3) is 0.625. The van der Waals surface area contributed by atoms with Gasteiger partial charge in [0.25, 0.3) is 0 Å². The first-order valence-corrected chi connectivity index (χ1v) is 4.52. The van der Waals surface area contributed by atoms with E-state index in [4.69, 9.17) is 10.8 Å². The molecule has 0 bridgehead atoms. The van der Waals surface area contributed by atoms with Crippen molar-refractivity contribution < 1.29 is 9.90 Å². The molecule has 1 atom stereocenters. The van der Waals surface area contributed by atoms with Crippen molar-refractivity contribution in [1.29, 1.82) is 0 Å². The average molecular weight is 198 g/mol. The van der Waals surface area contributed by atoms with Crippen LogP contribution in [0.2, 0.25) is 0 Å². The van der Waals surface area contributed by atoms with E-state index in [0.717, 1.165) is 6.42 Å². The molecule has 1 unspecified atom stereocenters. The second-order valence-corrected chi connectivity index (χ2v) is 2.99. The highest BCUT2D eigenvalue weighted by atomic mass is 16.4. The normalized spacial score (nSPS) is 12.7. The van der Waals surface area contributed by atoms with Crippen molar-refractivity contribution in [1.82, 2.24) is 14.8 Å². The van der Waals surface area contributed by atoms with E-state index in [-0.39, 0.29) is 6.54 Å². The Hall–Kier alpha value is -1.43. The molecule has 0 spiro atoms. The quantitative estimate of drug-likeness (QED) is 0.703. The number of aliphatic carboxylic acids is 1. The second-order valence-electron chi connectivity index (χ2n) is 2.99. The summed E-state index contributed by atoms with van der Waals surface area (Å²) in [6.07, 6.45) is 2.74. The van der Waals surface area contributed by atoms with E-state index < -0.39 is 12.0 Å². The van der Waals surface area contributed by atoms with E-state index in [1.807, 2.05) is 6.92 Å². The van der Waals surface area contributed by atoms with Crippen molar-refractivity contribution in [2.24, 2.45) is 5.73 Å². The molecule has 1 heterocycles. The molecule has 0 aliphatic heterocycles. The number of hydrogen-bond donors (Lipinski definition) is 2. The smallest absolute Gasteiger partial charge is 0.328 e. The lowest BCUT2D eigenvalue weighted by Crippen LogP contribution is -2.19. The molecule has 14 heavy (non-hydrogen) atoms. The van der Waals surface area contributed by atoms with Gasteiger partial charge in [0.1, 0.15) is 6.33 Å². The Balaban J connectivity index is 2.81. The van der Waals surface area contributed by atoms with Crippen molar-refractivity contribution in [3.8, 4) is 0 Å². The maximum Gasteiger partial charge on any atom is 0.328 e. The van der Waals surface area contributed by atoms with E-state index in [9.17, 15) is 4.79 Å². The van der Waals surface area contributed by atoms with Gasteiger partial charge in [0.2, 0.25) is 0 Å². The molecule has 1 aromatic rings. The highest BCUT2D eigenvalue weighted by molar-refractivity contribution is 5.71. The summed E-state index contributed by atoms with van der Waals surface area (Å²) in [5, 5.41) is 12.9. The third-order valence-electron chi connectivity index (χ3n) is 1.91. The van der Waals surface area contributed by atoms with Crippen molar-refractivity contribution in [2.45, 2.75) is 32.4 Å². The highest BCUT2D eigenvalue weighted by Crippen LogP contribution is 2.12. The summed E-state index contributed by atoms with van der Waals surface area (Å²) in [4.78, 5) is 14.8. The first-order chi connectivity index (χ1) is 6.69. The number of rotatable bonds is 5.